The Balaban J connectivity index is 0. The lowest BCUT2D eigenvalue weighted by atomic mass is 10.2. The first-order valence-corrected chi connectivity index (χ1v) is 6.54. The molecule has 94 valence electrons. The van der Waals surface area contributed by atoms with Gasteiger partial charge in [-0.15, -0.1) is 0 Å². The Kier molecular flexibility index (Phi) is 12.3. The summed E-state index contributed by atoms with van der Waals surface area (Å²) in [6.45, 7) is 13.0. The fourth-order valence-electron chi connectivity index (χ4n) is 0.914. The quantitative estimate of drug-likeness (QED) is 0.587. The molecule has 0 aliphatic heterocycles. The third-order valence-electron chi connectivity index (χ3n) is 1.57. The molecule has 2 heteroatoms. The molecule has 0 atom stereocenters. The van der Waals surface area contributed by atoms with E-state index in [4.69, 9.17) is 0 Å². The molecule has 0 unspecified atom stereocenters. The van der Waals surface area contributed by atoms with Crippen LogP contribution in [0.3, 0.4) is 0 Å². The second-order valence-corrected chi connectivity index (χ2v) is 4.52. The summed E-state index contributed by atoms with van der Waals surface area (Å²) >= 11 is 4.37. The minimum atomic E-state index is -0.101. The van der Waals surface area contributed by atoms with Crippen LogP contribution in [-0.2, 0) is 6.54 Å². The van der Waals surface area contributed by atoms with E-state index in [0.717, 1.165) is 6.54 Å². The summed E-state index contributed by atoms with van der Waals surface area (Å²) in [5.41, 5.74) is 1.29. The summed E-state index contributed by atoms with van der Waals surface area (Å²) in [6.07, 6.45) is 0. The van der Waals surface area contributed by atoms with Crippen LogP contribution in [0.5, 0.6) is 0 Å². The van der Waals surface area contributed by atoms with E-state index in [9.17, 15) is 0 Å². The summed E-state index contributed by atoms with van der Waals surface area (Å²) in [5, 5.41) is 3.30. The van der Waals surface area contributed by atoms with Crippen molar-refractivity contribution in [3.8, 4) is 0 Å². The van der Waals surface area contributed by atoms with Crippen LogP contribution in [-0.4, -0.2) is 4.87 Å². The van der Waals surface area contributed by atoms with Crippen LogP contribution in [0, 0.1) is 0 Å². The lowest BCUT2D eigenvalue weighted by Crippen LogP contribution is -2.32. The van der Waals surface area contributed by atoms with E-state index >= 15 is 0 Å². The van der Waals surface area contributed by atoms with Crippen molar-refractivity contribution < 1.29 is 0 Å². The number of nitrogens with one attached hydrogen (secondary N) is 1. The molecular weight excluding hydrogens is 214 g/mol. The molecule has 0 aromatic heterocycles. The molecule has 1 aromatic carbocycles. The van der Waals surface area contributed by atoms with Gasteiger partial charge in [0, 0.05) is 6.54 Å². The SMILES string of the molecule is CC.CC.CC(C)(S)NCc1ccccc1. The van der Waals surface area contributed by atoms with Crippen molar-refractivity contribution in [2.24, 2.45) is 0 Å². The molecule has 1 rings (SSSR count). The molecule has 0 aliphatic carbocycles. The Morgan fingerprint density at radius 3 is 1.81 bits per heavy atom. The van der Waals surface area contributed by atoms with Gasteiger partial charge in [0.1, 0.15) is 0 Å². The Morgan fingerprint density at radius 1 is 1.00 bits per heavy atom. The summed E-state index contributed by atoms with van der Waals surface area (Å²) < 4.78 is 0. The molecule has 0 saturated carbocycles. The van der Waals surface area contributed by atoms with Crippen LogP contribution < -0.4 is 5.32 Å². The van der Waals surface area contributed by atoms with Gasteiger partial charge in [-0.25, -0.2) is 0 Å². The molecule has 0 heterocycles. The first-order valence-electron chi connectivity index (χ1n) is 6.09. The number of hydrogen-bond acceptors (Lipinski definition) is 2. The van der Waals surface area contributed by atoms with E-state index in [1.807, 2.05) is 59.7 Å². The summed E-state index contributed by atoms with van der Waals surface area (Å²) in [7, 11) is 0. The van der Waals surface area contributed by atoms with Crippen molar-refractivity contribution in [2.75, 3.05) is 0 Å². The zero-order chi connectivity index (χ0) is 13.0. The zero-order valence-electron chi connectivity index (χ0n) is 11.5. The molecule has 1 nitrogen and oxygen atoms in total. The first-order chi connectivity index (χ1) is 7.58. The van der Waals surface area contributed by atoms with Crippen LogP contribution in [0.2, 0.25) is 0 Å². The maximum Gasteiger partial charge on any atom is 0.0561 e. The zero-order valence-corrected chi connectivity index (χ0v) is 12.4. The van der Waals surface area contributed by atoms with Gasteiger partial charge in [0.25, 0.3) is 0 Å². The minimum Gasteiger partial charge on any atom is -0.299 e. The largest absolute Gasteiger partial charge is 0.299 e. The van der Waals surface area contributed by atoms with E-state index in [1.165, 1.54) is 5.56 Å². The van der Waals surface area contributed by atoms with Gasteiger partial charge >= 0.3 is 0 Å². The molecule has 0 radical (unpaired) electrons. The van der Waals surface area contributed by atoms with E-state index < -0.39 is 0 Å². The van der Waals surface area contributed by atoms with E-state index in [0.29, 0.717) is 0 Å². The second kappa shape index (κ2) is 11.0. The predicted molar refractivity (Wildman–Crippen MR) is 79.0 cm³/mol. The average Bonchev–Trinajstić information content (AvgIpc) is 2.32. The second-order valence-electron chi connectivity index (χ2n) is 3.40. The lowest BCUT2D eigenvalue weighted by Gasteiger charge is -2.19. The predicted octanol–water partition coefficient (Wildman–Crippen LogP) is 4.49. The summed E-state index contributed by atoms with van der Waals surface area (Å²) in [4.78, 5) is -0.101. The van der Waals surface area contributed by atoms with Crippen molar-refractivity contribution in [3.63, 3.8) is 0 Å². The number of benzene rings is 1. The van der Waals surface area contributed by atoms with E-state index in [2.05, 4.69) is 30.1 Å². The van der Waals surface area contributed by atoms with Gasteiger partial charge in [0.15, 0.2) is 0 Å². The van der Waals surface area contributed by atoms with Gasteiger partial charge in [0.2, 0.25) is 0 Å². The van der Waals surface area contributed by atoms with Crippen LogP contribution >= 0.6 is 12.6 Å². The monoisotopic (exact) mass is 241 g/mol. The first kappa shape index (κ1) is 17.9. The van der Waals surface area contributed by atoms with Gasteiger partial charge < -0.3 is 0 Å². The van der Waals surface area contributed by atoms with Gasteiger partial charge in [-0.3, -0.25) is 5.32 Å². The third-order valence-corrected chi connectivity index (χ3v) is 1.73. The molecule has 0 spiro atoms. The standard InChI is InChI=1S/C10H15NS.2C2H6/c1-10(2,12)11-8-9-6-4-3-5-7-9;2*1-2/h3-7,11-12H,8H2,1-2H3;2*1-2H3. The summed E-state index contributed by atoms with van der Waals surface area (Å²) in [6, 6.07) is 10.3. The maximum absolute atomic E-state index is 4.37. The van der Waals surface area contributed by atoms with Gasteiger partial charge in [-0.2, -0.15) is 12.6 Å². The smallest absolute Gasteiger partial charge is 0.0561 e. The number of hydrogen-bond donors (Lipinski definition) is 2. The van der Waals surface area contributed by atoms with Gasteiger partial charge in [-0.1, -0.05) is 58.0 Å². The number of thiol groups is 1. The van der Waals surface area contributed by atoms with E-state index in [-0.39, 0.29) is 4.87 Å². The molecule has 0 bridgehead atoms. The van der Waals surface area contributed by atoms with Crippen molar-refractivity contribution >= 4 is 12.6 Å². The molecule has 0 amide bonds. The molecule has 1 aromatic rings. The average molecular weight is 241 g/mol. The van der Waals surface area contributed by atoms with Crippen LogP contribution in [0.1, 0.15) is 47.1 Å². The normalized spacial score (nSPS) is 9.44. The molecule has 1 N–H and O–H groups in total. The van der Waals surface area contributed by atoms with Crippen molar-refractivity contribution in [1.29, 1.82) is 0 Å². The Labute approximate surface area is 107 Å². The fourth-order valence-corrected chi connectivity index (χ4v) is 0.993. The topological polar surface area (TPSA) is 12.0 Å². The molecule has 0 saturated heterocycles. The molecule has 0 fully saturated rings. The van der Waals surface area contributed by atoms with Crippen LogP contribution in [0.25, 0.3) is 0 Å². The van der Waals surface area contributed by atoms with Crippen molar-refractivity contribution in [2.45, 2.75) is 53.0 Å². The Morgan fingerprint density at radius 2 is 1.44 bits per heavy atom. The third kappa shape index (κ3) is 11.6. The Bertz CT molecular complexity index is 226. The highest BCUT2D eigenvalue weighted by molar-refractivity contribution is 7.81. The molecular formula is C14H27NS. The summed E-state index contributed by atoms with van der Waals surface area (Å²) in [5.74, 6) is 0. The highest BCUT2D eigenvalue weighted by Crippen LogP contribution is 2.08. The lowest BCUT2D eigenvalue weighted by molar-refractivity contribution is 0.545. The maximum atomic E-state index is 4.37. The van der Waals surface area contributed by atoms with Crippen molar-refractivity contribution in [1.82, 2.24) is 5.32 Å². The number of rotatable bonds is 3. The molecule has 16 heavy (non-hydrogen) atoms. The fraction of sp³-hybridized carbons (Fsp3) is 0.571. The Hall–Kier alpha value is -0.470. The minimum absolute atomic E-state index is 0.101. The van der Waals surface area contributed by atoms with Crippen LogP contribution in [0.4, 0.5) is 0 Å². The highest BCUT2D eigenvalue weighted by Gasteiger charge is 2.08. The molecule has 0 aliphatic rings. The van der Waals surface area contributed by atoms with Crippen molar-refractivity contribution in [3.05, 3.63) is 35.9 Å². The van der Waals surface area contributed by atoms with Gasteiger partial charge in [0.05, 0.1) is 4.87 Å². The highest BCUT2D eigenvalue weighted by atomic mass is 32.1. The van der Waals surface area contributed by atoms with Gasteiger partial charge in [-0.05, 0) is 19.4 Å². The van der Waals surface area contributed by atoms with E-state index in [1.54, 1.807) is 0 Å². The van der Waals surface area contributed by atoms with Crippen LogP contribution in [0.15, 0.2) is 30.3 Å².